The minimum atomic E-state index is -1.64. The number of ether oxygens (including phenoxy) is 12. The van der Waals surface area contributed by atoms with Gasteiger partial charge in [0, 0.05) is 64.6 Å². The largest absolute Gasteiger partial charge is 0.509 e. The number of cyclic esters (lactones) is 1. The van der Waals surface area contributed by atoms with Gasteiger partial charge in [-0.05, 0) is 119 Å². The third kappa shape index (κ3) is 15.2. The number of nitrogens with zero attached hydrogens (tertiary/aromatic N) is 4. The Bertz CT molecular complexity index is 2590. The molecule has 462 valence electrons. The SMILES string of the molecule is CCOC(=O)c1cn(N(C)C)c2ccc(/C=C/COCCO[C@H]3[C@H](C)O[C@@H](O[C@H]4[C@H](C)[C@@H](O[C@@H]5O[C@H](C)C[C@H](N(C)C)[C@H]5OC(C)=O)[C@](C)(O)C[C@@H](C)CN(C)[C@H](C)C5OC(=O)O[C@]5(C)[C@@H](CC)OC(=O)[C@@H]4C)C[C@@]3(C)OC)cc2c1=O. The normalized spacial score (nSPS) is 36.2. The van der Waals surface area contributed by atoms with Crippen LogP contribution in [0.4, 0.5) is 4.79 Å². The van der Waals surface area contributed by atoms with Crippen molar-refractivity contribution in [3.63, 3.8) is 0 Å². The molecule has 1 N–H and O–H groups in total. The zero-order valence-corrected chi connectivity index (χ0v) is 51.7. The number of aromatic nitrogens is 1. The molecule has 6 rings (SSSR count). The Labute approximate surface area is 484 Å². The molecule has 2 aromatic rings. The highest BCUT2D eigenvalue weighted by Crippen LogP contribution is 2.43. The standard InChI is InChI=1S/C60H94N4O18/c1-19-46-60(12)52(81-57(69)82-60)38(7)63(17)32-34(3)30-58(10,70)51(80-56-50(77-40(9)65)45(61(13)14)28-35(4)75-56)36(5)49(37(6)54(67)78-46)79-47-31-59(11,71-18)53(39(8)76-47)74-27-26-72-25-21-22-41-23-24-44-42(29-41)48(66)43(55(68)73-20-2)33-64(44)62(15)16/h21-24,29,33-39,45-47,49-53,56,70H,19-20,25-28,30-32H2,1-18H3/b22-21+/t34-,35-,36+,37-,38-,39+,45+,46-,47+,49+,50-,51-,52?,53+,56+,58-,59-,60-/m1/s1. The molecule has 4 saturated heterocycles. The molecule has 0 aliphatic carbocycles. The van der Waals surface area contributed by atoms with Gasteiger partial charge in [-0.2, -0.15) is 0 Å². The molecule has 0 bridgehead atoms. The van der Waals surface area contributed by atoms with Crippen LogP contribution in [0.3, 0.4) is 0 Å². The quantitative estimate of drug-likeness (QED) is 0.101. The summed E-state index contributed by atoms with van der Waals surface area (Å²) in [5.74, 6) is -3.93. The van der Waals surface area contributed by atoms with Gasteiger partial charge in [-0.15, -0.1) is 0 Å². The lowest BCUT2D eigenvalue weighted by molar-refractivity contribution is -0.321. The minimum absolute atomic E-state index is 0.0558. The number of hydrogen-bond donors (Lipinski definition) is 1. The maximum absolute atomic E-state index is 14.9. The van der Waals surface area contributed by atoms with Crippen molar-refractivity contribution in [2.45, 2.75) is 199 Å². The van der Waals surface area contributed by atoms with E-state index < -0.39 is 119 Å². The first-order valence-electron chi connectivity index (χ1n) is 28.9. The molecule has 1 aromatic heterocycles. The molecule has 0 radical (unpaired) electrons. The monoisotopic (exact) mass is 1160 g/mol. The third-order valence-corrected chi connectivity index (χ3v) is 16.9. The van der Waals surface area contributed by atoms with Gasteiger partial charge < -0.3 is 71.9 Å². The van der Waals surface area contributed by atoms with Crippen molar-refractivity contribution in [2.24, 2.45) is 17.8 Å². The Balaban J connectivity index is 1.24. The van der Waals surface area contributed by atoms with Gasteiger partial charge >= 0.3 is 24.1 Å². The van der Waals surface area contributed by atoms with E-state index in [4.69, 9.17) is 56.8 Å². The summed E-state index contributed by atoms with van der Waals surface area (Å²) in [6.45, 7) is 22.7. The van der Waals surface area contributed by atoms with Crippen molar-refractivity contribution in [3.8, 4) is 0 Å². The molecule has 1 aromatic carbocycles. The number of methoxy groups -OCH3 is 1. The molecule has 4 fully saturated rings. The van der Waals surface area contributed by atoms with Gasteiger partial charge in [0.15, 0.2) is 30.4 Å². The van der Waals surface area contributed by atoms with Crippen LogP contribution in [-0.2, 0) is 66.4 Å². The molecule has 0 saturated carbocycles. The summed E-state index contributed by atoms with van der Waals surface area (Å²) in [5.41, 5.74) is -3.09. The average molecular weight is 1160 g/mol. The summed E-state index contributed by atoms with van der Waals surface area (Å²) in [6.07, 6.45) is -3.06. The number of rotatable bonds is 18. The predicted octanol–water partition coefficient (Wildman–Crippen LogP) is 6.10. The summed E-state index contributed by atoms with van der Waals surface area (Å²) in [7, 11) is 10.9. The number of fused-ring (bicyclic) bond motifs is 2. The van der Waals surface area contributed by atoms with Crippen molar-refractivity contribution in [3.05, 3.63) is 51.8 Å². The van der Waals surface area contributed by atoms with Crippen LogP contribution < -0.4 is 10.4 Å². The molecule has 18 atom stereocenters. The van der Waals surface area contributed by atoms with E-state index >= 15 is 0 Å². The number of benzene rings is 1. The maximum Gasteiger partial charge on any atom is 0.509 e. The average Bonchev–Trinajstić information content (AvgIpc) is 2.59. The molecule has 22 nitrogen and oxygen atoms in total. The van der Waals surface area contributed by atoms with Crippen LogP contribution >= 0.6 is 0 Å². The summed E-state index contributed by atoms with van der Waals surface area (Å²) >= 11 is 0. The van der Waals surface area contributed by atoms with Crippen molar-refractivity contribution < 1.29 is 81.1 Å². The van der Waals surface area contributed by atoms with E-state index in [2.05, 4.69) is 0 Å². The summed E-state index contributed by atoms with van der Waals surface area (Å²) in [4.78, 5) is 70.8. The van der Waals surface area contributed by atoms with Gasteiger partial charge in [-0.25, -0.2) is 9.59 Å². The fourth-order valence-corrected chi connectivity index (χ4v) is 12.6. The number of pyridine rings is 1. The van der Waals surface area contributed by atoms with Crippen LogP contribution in [0.1, 0.15) is 125 Å². The van der Waals surface area contributed by atoms with E-state index in [9.17, 15) is 29.1 Å². The zero-order chi connectivity index (χ0) is 60.8. The molecule has 0 amide bonds. The van der Waals surface area contributed by atoms with Crippen molar-refractivity contribution in [1.29, 1.82) is 0 Å². The molecule has 4 aliphatic heterocycles. The van der Waals surface area contributed by atoms with E-state index in [1.165, 1.54) is 13.1 Å². The second-order valence-electron chi connectivity index (χ2n) is 24.0. The molecule has 82 heavy (non-hydrogen) atoms. The molecular formula is C60H94N4O18. The molecular weight excluding hydrogens is 1060 g/mol. The van der Waals surface area contributed by atoms with Crippen LogP contribution in [0.25, 0.3) is 17.0 Å². The summed E-state index contributed by atoms with van der Waals surface area (Å²) in [5, 5.41) is 15.2. The van der Waals surface area contributed by atoms with Crippen LogP contribution in [0.5, 0.6) is 0 Å². The summed E-state index contributed by atoms with van der Waals surface area (Å²) in [6, 6.07) is 4.73. The molecule has 22 heteroatoms. The van der Waals surface area contributed by atoms with Gasteiger partial charge in [-0.1, -0.05) is 39.0 Å². The lowest BCUT2D eigenvalue weighted by Gasteiger charge is -2.49. The topological polar surface area (TPSA) is 231 Å². The van der Waals surface area contributed by atoms with Crippen LogP contribution in [0.2, 0.25) is 0 Å². The molecule has 1 unspecified atom stereocenters. The van der Waals surface area contributed by atoms with E-state index in [0.29, 0.717) is 23.9 Å². The number of aliphatic hydroxyl groups is 1. The van der Waals surface area contributed by atoms with E-state index in [-0.39, 0.29) is 69.3 Å². The Morgan fingerprint density at radius 2 is 1.62 bits per heavy atom. The fourth-order valence-electron chi connectivity index (χ4n) is 12.6. The Morgan fingerprint density at radius 3 is 2.26 bits per heavy atom. The van der Waals surface area contributed by atoms with Gasteiger partial charge in [-0.3, -0.25) is 24.0 Å². The Morgan fingerprint density at radius 1 is 0.915 bits per heavy atom. The lowest BCUT2D eigenvalue weighted by atomic mass is 9.77. The number of carbonyl (C=O) groups is 4. The number of carbonyl (C=O) groups excluding carboxylic acids is 4. The zero-order valence-electron chi connectivity index (χ0n) is 51.7. The Hall–Kier alpha value is -4.75. The first kappa shape index (κ1) is 66.4. The first-order valence-corrected chi connectivity index (χ1v) is 28.9. The van der Waals surface area contributed by atoms with E-state index in [0.717, 1.165) is 5.56 Å². The van der Waals surface area contributed by atoms with E-state index in [1.54, 1.807) is 50.6 Å². The maximum atomic E-state index is 14.9. The highest BCUT2D eigenvalue weighted by Gasteiger charge is 2.58. The number of hydrogen-bond acceptors (Lipinski definition) is 21. The molecule has 0 spiro atoms. The smallest absolute Gasteiger partial charge is 0.462 e. The third-order valence-electron chi connectivity index (χ3n) is 16.9. The van der Waals surface area contributed by atoms with Crippen LogP contribution in [-0.4, -0.2) is 209 Å². The van der Waals surface area contributed by atoms with Crippen molar-refractivity contribution in [2.75, 3.05) is 80.3 Å². The predicted molar refractivity (Wildman–Crippen MR) is 305 cm³/mol. The van der Waals surface area contributed by atoms with Crippen LogP contribution in [0, 0.1) is 17.8 Å². The molecule has 4 aliphatic rings. The highest BCUT2D eigenvalue weighted by atomic mass is 16.8. The van der Waals surface area contributed by atoms with Crippen molar-refractivity contribution >= 4 is 41.0 Å². The number of esters is 3. The first-order chi connectivity index (χ1) is 38.5. The highest BCUT2D eigenvalue weighted by molar-refractivity contribution is 5.94. The number of likely N-dealkylation sites (N-methyl/N-ethyl adjacent to an activating group) is 2. The van der Waals surface area contributed by atoms with Gasteiger partial charge in [0.25, 0.3) is 0 Å². The Kier molecular flexibility index (Phi) is 22.6. The van der Waals surface area contributed by atoms with Crippen molar-refractivity contribution in [1.82, 2.24) is 14.5 Å². The fraction of sp³-hybridized carbons (Fsp3) is 0.750. The van der Waals surface area contributed by atoms with E-state index in [1.807, 2.05) is 118 Å². The summed E-state index contributed by atoms with van der Waals surface area (Å²) < 4.78 is 77.0. The second kappa shape index (κ2) is 28.0. The van der Waals surface area contributed by atoms with Crippen LogP contribution in [0.15, 0.2) is 35.3 Å². The van der Waals surface area contributed by atoms with Gasteiger partial charge in [0.05, 0.1) is 79.5 Å². The minimum Gasteiger partial charge on any atom is -0.462 e. The van der Waals surface area contributed by atoms with Gasteiger partial charge in [0.1, 0.15) is 17.8 Å². The molecule has 5 heterocycles. The second-order valence-corrected chi connectivity index (χ2v) is 24.0. The van der Waals surface area contributed by atoms with Gasteiger partial charge in [0.2, 0.25) is 5.43 Å². The lowest BCUT2D eigenvalue weighted by Crippen LogP contribution is -2.61.